The number of rotatable bonds is 23. The van der Waals surface area contributed by atoms with Crippen molar-refractivity contribution in [1.29, 1.82) is 0 Å². The van der Waals surface area contributed by atoms with E-state index < -0.39 is 35.0 Å². The Morgan fingerprint density at radius 1 is 0.729 bits per heavy atom. The summed E-state index contributed by atoms with van der Waals surface area (Å²) in [7, 11) is -4.45. The fraction of sp³-hybridized carbons (Fsp3) is 0.628. The fourth-order valence-corrected chi connectivity index (χ4v) is 29.8. The molecule has 0 aliphatic carbocycles. The van der Waals surface area contributed by atoms with Gasteiger partial charge in [0, 0.05) is 0 Å². The van der Waals surface area contributed by atoms with Crippen molar-refractivity contribution in [3.05, 3.63) is 82.5 Å². The second-order valence-corrected chi connectivity index (χ2v) is 37.6. The second-order valence-electron chi connectivity index (χ2n) is 15.6. The van der Waals surface area contributed by atoms with E-state index in [1.54, 1.807) is 0 Å². The predicted molar refractivity (Wildman–Crippen MR) is 223 cm³/mol. The molecule has 0 aliphatic rings. The minimum absolute atomic E-state index is 0.0378. The molecule has 0 bridgehead atoms. The Labute approximate surface area is 304 Å². The maximum absolute atomic E-state index is 7.44. The van der Waals surface area contributed by atoms with Gasteiger partial charge < -0.3 is 0 Å². The van der Waals surface area contributed by atoms with Gasteiger partial charge >= 0.3 is 294 Å². The molecule has 2 nitrogen and oxygen atoms in total. The average Bonchev–Trinajstić information content (AvgIpc) is 3.10. The molecule has 0 heterocycles. The van der Waals surface area contributed by atoms with Gasteiger partial charge in [-0.25, -0.2) is 0 Å². The number of hydrogen-bond acceptors (Lipinski definition) is 2. The normalized spacial score (nSPS) is 14.9. The summed E-state index contributed by atoms with van der Waals surface area (Å²) < 4.78 is 22.2. The van der Waals surface area contributed by atoms with Gasteiger partial charge in [-0.15, -0.1) is 0 Å². The van der Waals surface area contributed by atoms with Gasteiger partial charge in [0.05, 0.1) is 0 Å². The summed E-state index contributed by atoms with van der Waals surface area (Å²) in [6.45, 7) is 26.7. The summed E-state index contributed by atoms with van der Waals surface area (Å²) in [4.78, 5) is 0. The molecule has 0 fully saturated rings. The number of benzene rings is 2. The Bertz CT molecular complexity index is 1130. The van der Waals surface area contributed by atoms with E-state index in [0.29, 0.717) is 12.5 Å². The van der Waals surface area contributed by atoms with E-state index in [0.717, 1.165) is 0 Å². The van der Waals surface area contributed by atoms with Gasteiger partial charge in [-0.05, 0) is 0 Å². The Morgan fingerprint density at radius 3 is 1.54 bits per heavy atom. The Balaban J connectivity index is 2.57. The van der Waals surface area contributed by atoms with Crippen molar-refractivity contribution in [3.63, 3.8) is 0 Å². The molecule has 0 unspecified atom stereocenters. The molecule has 0 radical (unpaired) electrons. The molecule has 2 aromatic rings. The van der Waals surface area contributed by atoms with Gasteiger partial charge in [-0.1, -0.05) is 12.1 Å². The first kappa shape index (κ1) is 43.2. The SMILES string of the molecule is CCC[CH2][Sn](/[CH]=C\[C@H](C)[C@H](O[Si](CC)(CC)CC)/C(C)=C/CO[Si](c1ccccc1)(c1ccccc1)C(C)(C)C)([CH2]CCC)[CH2]CCC. The van der Waals surface area contributed by atoms with E-state index in [4.69, 9.17) is 8.85 Å². The first-order valence-corrected chi connectivity index (χ1v) is 31.9. The summed E-state index contributed by atoms with van der Waals surface area (Å²) in [5.74, 6) is 0.353. The molecule has 2 rings (SSSR count). The van der Waals surface area contributed by atoms with Crippen LogP contribution in [-0.2, 0) is 8.85 Å². The molecular formula is C43H74O2Si2Sn. The van der Waals surface area contributed by atoms with Crippen molar-refractivity contribution in [2.24, 2.45) is 5.92 Å². The van der Waals surface area contributed by atoms with Gasteiger partial charge in [0.25, 0.3) is 0 Å². The maximum atomic E-state index is 7.44. The van der Waals surface area contributed by atoms with Crippen LogP contribution in [0.3, 0.4) is 0 Å². The van der Waals surface area contributed by atoms with Crippen molar-refractivity contribution in [1.82, 2.24) is 0 Å². The van der Waals surface area contributed by atoms with Gasteiger partial charge in [0.1, 0.15) is 0 Å². The Hall–Kier alpha value is -0.928. The van der Waals surface area contributed by atoms with Crippen LogP contribution in [0.15, 0.2) is 82.5 Å². The van der Waals surface area contributed by atoms with Crippen molar-refractivity contribution in [2.75, 3.05) is 6.61 Å². The summed E-state index contributed by atoms with van der Waals surface area (Å²) in [5.41, 5.74) is 1.34. The molecule has 2 atom stereocenters. The summed E-state index contributed by atoms with van der Waals surface area (Å²) in [6, 6.07) is 25.6. The van der Waals surface area contributed by atoms with E-state index in [9.17, 15) is 0 Å². The first-order valence-electron chi connectivity index (χ1n) is 19.7. The predicted octanol–water partition coefficient (Wildman–Crippen LogP) is 12.5. The van der Waals surface area contributed by atoms with Gasteiger partial charge in [-0.2, -0.15) is 0 Å². The van der Waals surface area contributed by atoms with Crippen LogP contribution in [0.4, 0.5) is 0 Å². The van der Waals surface area contributed by atoms with Crippen LogP contribution < -0.4 is 10.4 Å². The zero-order valence-corrected chi connectivity index (χ0v) is 38.0. The van der Waals surface area contributed by atoms with Crippen LogP contribution in [0.2, 0.25) is 36.5 Å². The van der Waals surface area contributed by atoms with Gasteiger partial charge in [0.15, 0.2) is 0 Å². The van der Waals surface area contributed by atoms with Crippen molar-refractivity contribution < 1.29 is 8.85 Å². The van der Waals surface area contributed by atoms with Gasteiger partial charge in [-0.3, -0.25) is 0 Å². The molecular weight excluding hydrogens is 723 g/mol. The standard InChI is InChI=1S/C31H47O2Si2.3C4H9.Sn/c1-10-26(5)30(33-34(11-2,12-3)13-4)27(6)24-25-32-35(31(7,8)9,28-20-16-14-17-21-28)29-22-18-15-19-23-29;3*1-3-4-2;/h1,10,14-24,26,30H,11-13,25H2,2-9H3;3*1,3-4H2,2H3;/b10-1?,27-24+;;;;/t26-,30-;;;;/m0..../s1. The summed E-state index contributed by atoms with van der Waals surface area (Å²) in [6.07, 6.45) is 13.3. The first-order chi connectivity index (χ1) is 22.9. The zero-order valence-electron chi connectivity index (χ0n) is 33.2. The Kier molecular flexibility index (Phi) is 19.3. The summed E-state index contributed by atoms with van der Waals surface area (Å²) >= 11 is -2.42. The molecule has 0 amide bonds. The van der Waals surface area contributed by atoms with Crippen LogP contribution in [0, 0.1) is 5.92 Å². The van der Waals surface area contributed by atoms with Crippen molar-refractivity contribution >= 4 is 45.4 Å². The van der Waals surface area contributed by atoms with E-state index in [1.165, 1.54) is 85.9 Å². The fourth-order valence-electron chi connectivity index (χ4n) is 7.73. The molecule has 270 valence electrons. The third-order valence-electron chi connectivity index (χ3n) is 11.2. The quantitative estimate of drug-likeness (QED) is 0.0824. The third kappa shape index (κ3) is 11.8. The van der Waals surface area contributed by atoms with E-state index in [2.05, 4.69) is 153 Å². The molecule has 0 spiro atoms. The van der Waals surface area contributed by atoms with Crippen LogP contribution in [0.25, 0.3) is 0 Å². The average molecular weight is 798 g/mol. The van der Waals surface area contributed by atoms with E-state index in [1.807, 2.05) is 0 Å². The van der Waals surface area contributed by atoms with E-state index >= 15 is 0 Å². The molecule has 5 heteroatoms. The molecule has 48 heavy (non-hydrogen) atoms. The topological polar surface area (TPSA) is 18.5 Å². The molecule has 0 saturated heterocycles. The number of unbranched alkanes of at least 4 members (excludes halogenated alkanes) is 3. The van der Waals surface area contributed by atoms with Crippen LogP contribution in [0.5, 0.6) is 0 Å². The molecule has 0 saturated carbocycles. The molecule has 0 aromatic heterocycles. The van der Waals surface area contributed by atoms with Crippen LogP contribution in [-0.4, -0.2) is 47.7 Å². The number of hydrogen-bond donors (Lipinski definition) is 0. The van der Waals surface area contributed by atoms with Crippen molar-refractivity contribution in [2.45, 2.75) is 157 Å². The third-order valence-corrected chi connectivity index (χ3v) is 34.9. The van der Waals surface area contributed by atoms with Crippen LogP contribution >= 0.6 is 0 Å². The monoisotopic (exact) mass is 798 g/mol. The summed E-state index contributed by atoms with van der Waals surface area (Å²) in [5, 5.41) is 2.63. The zero-order chi connectivity index (χ0) is 35.7. The molecule has 2 aromatic carbocycles. The minimum atomic E-state index is -2.61. The molecule has 0 aliphatic heterocycles. The van der Waals surface area contributed by atoms with E-state index in [-0.39, 0.29) is 11.1 Å². The van der Waals surface area contributed by atoms with Crippen LogP contribution in [0.1, 0.15) is 115 Å². The van der Waals surface area contributed by atoms with Gasteiger partial charge in [0.2, 0.25) is 0 Å². The Morgan fingerprint density at radius 2 is 1.17 bits per heavy atom. The second kappa shape index (κ2) is 21.4. The molecule has 0 N–H and O–H groups in total. The van der Waals surface area contributed by atoms with Crippen molar-refractivity contribution in [3.8, 4) is 0 Å².